The molecule has 0 aliphatic heterocycles. The van der Waals surface area contributed by atoms with Crippen molar-refractivity contribution in [3.63, 3.8) is 0 Å². The second kappa shape index (κ2) is 3.45. The average Bonchev–Trinajstić information content (AvgIpc) is 2.47. The summed E-state index contributed by atoms with van der Waals surface area (Å²) in [4.78, 5) is 0. The van der Waals surface area contributed by atoms with Gasteiger partial charge in [0.1, 0.15) is 0 Å². The summed E-state index contributed by atoms with van der Waals surface area (Å²) in [7, 11) is 0. The van der Waals surface area contributed by atoms with Crippen molar-refractivity contribution in [2.24, 2.45) is 5.92 Å². The van der Waals surface area contributed by atoms with E-state index in [-0.39, 0.29) is 0 Å². The van der Waals surface area contributed by atoms with Crippen molar-refractivity contribution in [3.8, 4) is 0 Å². The molecule has 0 bridgehead atoms. The second-order valence-electron chi connectivity index (χ2n) is 4.05. The summed E-state index contributed by atoms with van der Waals surface area (Å²) < 4.78 is 0. The fraction of sp³-hybridized carbons (Fsp3) is 0.286. The van der Waals surface area contributed by atoms with E-state index in [1.807, 2.05) is 0 Å². The van der Waals surface area contributed by atoms with Crippen molar-refractivity contribution in [2.75, 3.05) is 0 Å². The van der Waals surface area contributed by atoms with Gasteiger partial charge in [-0.25, -0.2) is 0 Å². The minimum absolute atomic E-state index is 0.581. The summed E-state index contributed by atoms with van der Waals surface area (Å²) in [5, 5.41) is 0. The van der Waals surface area contributed by atoms with Crippen LogP contribution in [0.15, 0.2) is 47.6 Å². The maximum absolute atomic E-state index is 2.31. The van der Waals surface area contributed by atoms with Crippen molar-refractivity contribution >= 4 is 5.57 Å². The van der Waals surface area contributed by atoms with E-state index >= 15 is 0 Å². The lowest BCUT2D eigenvalue weighted by molar-refractivity contribution is 0.895. The molecule has 14 heavy (non-hydrogen) atoms. The van der Waals surface area contributed by atoms with Gasteiger partial charge in [-0.15, -0.1) is 0 Å². The van der Waals surface area contributed by atoms with Gasteiger partial charge in [-0.3, -0.25) is 0 Å². The average molecular weight is 184 g/mol. The maximum Gasteiger partial charge on any atom is 0.00288 e. The van der Waals surface area contributed by atoms with Gasteiger partial charge >= 0.3 is 0 Å². The summed E-state index contributed by atoms with van der Waals surface area (Å²) in [5.41, 5.74) is 5.75. The number of benzene rings is 1. The highest BCUT2D eigenvalue weighted by atomic mass is 14.2. The molecule has 1 aromatic carbocycles. The lowest BCUT2D eigenvalue weighted by Gasteiger charge is -2.11. The zero-order valence-corrected chi connectivity index (χ0v) is 9.04. The van der Waals surface area contributed by atoms with E-state index in [1.165, 1.54) is 22.3 Å². The first kappa shape index (κ1) is 9.26. The highest BCUT2D eigenvalue weighted by molar-refractivity contribution is 5.75. The van der Waals surface area contributed by atoms with E-state index < -0.39 is 0 Å². The zero-order chi connectivity index (χ0) is 10.1. The van der Waals surface area contributed by atoms with Gasteiger partial charge in [-0.2, -0.15) is 0 Å². The van der Waals surface area contributed by atoms with Crippen molar-refractivity contribution < 1.29 is 0 Å². The lowest BCUT2D eigenvalue weighted by Crippen LogP contribution is -1.95. The molecular weight excluding hydrogens is 168 g/mol. The molecule has 0 spiro atoms. The first-order chi connectivity index (χ1) is 6.70. The van der Waals surface area contributed by atoms with Gasteiger partial charge in [0.05, 0.1) is 0 Å². The SMILES string of the molecule is CC1=C(C)C(C)C(c2ccccc2)=C1. The van der Waals surface area contributed by atoms with Crippen molar-refractivity contribution in [3.05, 3.63) is 53.1 Å². The Labute approximate surface area is 86.0 Å². The highest BCUT2D eigenvalue weighted by Crippen LogP contribution is 2.36. The monoisotopic (exact) mass is 184 g/mol. The molecule has 1 unspecified atom stereocenters. The number of hydrogen-bond acceptors (Lipinski definition) is 0. The summed E-state index contributed by atoms with van der Waals surface area (Å²) in [5.74, 6) is 0.581. The van der Waals surface area contributed by atoms with Crippen LogP contribution in [0.1, 0.15) is 26.3 Å². The minimum Gasteiger partial charge on any atom is -0.0631 e. The summed E-state index contributed by atoms with van der Waals surface area (Å²) in [6.45, 7) is 6.71. The van der Waals surface area contributed by atoms with E-state index in [0.717, 1.165) is 0 Å². The fourth-order valence-electron chi connectivity index (χ4n) is 2.01. The molecule has 0 heterocycles. The van der Waals surface area contributed by atoms with Crippen LogP contribution in [0.25, 0.3) is 5.57 Å². The Kier molecular flexibility index (Phi) is 2.28. The molecule has 0 aromatic heterocycles. The van der Waals surface area contributed by atoms with E-state index in [0.29, 0.717) is 5.92 Å². The molecule has 0 nitrogen and oxygen atoms in total. The molecule has 0 amide bonds. The Bertz CT molecular complexity index is 393. The van der Waals surface area contributed by atoms with Crippen LogP contribution in [0.2, 0.25) is 0 Å². The minimum atomic E-state index is 0.581. The van der Waals surface area contributed by atoms with Crippen LogP contribution < -0.4 is 0 Å². The third-order valence-electron chi connectivity index (χ3n) is 3.22. The molecule has 1 aliphatic carbocycles. The standard InChI is InChI=1S/C14H16/c1-10-9-14(12(3)11(10)2)13-7-5-4-6-8-13/h4-9,12H,1-3H3. The molecule has 0 N–H and O–H groups in total. The summed E-state index contributed by atoms with van der Waals surface area (Å²) in [6, 6.07) is 10.6. The van der Waals surface area contributed by atoms with Crippen molar-refractivity contribution in [1.82, 2.24) is 0 Å². The first-order valence-electron chi connectivity index (χ1n) is 5.14. The van der Waals surface area contributed by atoms with Gasteiger partial charge in [0.25, 0.3) is 0 Å². The van der Waals surface area contributed by atoms with Crippen LogP contribution >= 0.6 is 0 Å². The van der Waals surface area contributed by atoms with E-state index in [4.69, 9.17) is 0 Å². The molecule has 1 aromatic rings. The summed E-state index contributed by atoms with van der Waals surface area (Å²) >= 11 is 0. The largest absolute Gasteiger partial charge is 0.0631 e. The quantitative estimate of drug-likeness (QED) is 0.617. The molecule has 1 atom stereocenters. The molecule has 1 aliphatic rings. The van der Waals surface area contributed by atoms with Gasteiger partial charge in [0, 0.05) is 5.92 Å². The molecule has 2 rings (SSSR count). The Morgan fingerprint density at radius 3 is 2.14 bits per heavy atom. The summed E-state index contributed by atoms with van der Waals surface area (Å²) in [6.07, 6.45) is 2.31. The number of hydrogen-bond donors (Lipinski definition) is 0. The van der Waals surface area contributed by atoms with Crippen LogP contribution in [0.4, 0.5) is 0 Å². The molecule has 0 radical (unpaired) electrons. The van der Waals surface area contributed by atoms with Gasteiger partial charge in [0.2, 0.25) is 0 Å². The van der Waals surface area contributed by atoms with Gasteiger partial charge in [0.15, 0.2) is 0 Å². The van der Waals surface area contributed by atoms with Crippen molar-refractivity contribution in [1.29, 1.82) is 0 Å². The Morgan fingerprint density at radius 2 is 1.64 bits per heavy atom. The highest BCUT2D eigenvalue weighted by Gasteiger charge is 2.19. The first-order valence-corrected chi connectivity index (χ1v) is 5.14. The van der Waals surface area contributed by atoms with Crippen LogP contribution in [0, 0.1) is 5.92 Å². The third kappa shape index (κ3) is 1.41. The van der Waals surface area contributed by atoms with Gasteiger partial charge in [-0.1, -0.05) is 54.5 Å². The van der Waals surface area contributed by atoms with E-state index in [9.17, 15) is 0 Å². The Morgan fingerprint density at radius 1 is 1.00 bits per heavy atom. The zero-order valence-electron chi connectivity index (χ0n) is 9.04. The number of rotatable bonds is 1. The van der Waals surface area contributed by atoms with E-state index in [2.05, 4.69) is 57.2 Å². The molecule has 0 saturated carbocycles. The topological polar surface area (TPSA) is 0 Å². The third-order valence-corrected chi connectivity index (χ3v) is 3.22. The Balaban J connectivity index is 2.38. The predicted molar refractivity (Wildman–Crippen MR) is 62.0 cm³/mol. The van der Waals surface area contributed by atoms with E-state index in [1.54, 1.807) is 0 Å². The predicted octanol–water partition coefficient (Wildman–Crippen LogP) is 4.06. The normalized spacial score (nSPS) is 21.4. The lowest BCUT2D eigenvalue weighted by atomic mass is 9.93. The fourth-order valence-corrected chi connectivity index (χ4v) is 2.01. The van der Waals surface area contributed by atoms with Crippen LogP contribution in [-0.4, -0.2) is 0 Å². The van der Waals surface area contributed by atoms with Crippen LogP contribution in [0.3, 0.4) is 0 Å². The number of allylic oxidation sites excluding steroid dienone is 4. The van der Waals surface area contributed by atoms with Gasteiger partial charge < -0.3 is 0 Å². The Hall–Kier alpha value is -1.30. The maximum atomic E-state index is 2.31. The molecule has 0 heteroatoms. The van der Waals surface area contributed by atoms with Gasteiger partial charge in [-0.05, 0) is 25.0 Å². The van der Waals surface area contributed by atoms with Crippen molar-refractivity contribution in [2.45, 2.75) is 20.8 Å². The smallest absolute Gasteiger partial charge is 0.00288 e. The molecule has 0 fully saturated rings. The van der Waals surface area contributed by atoms with Crippen LogP contribution in [0.5, 0.6) is 0 Å². The molecule has 72 valence electrons. The van der Waals surface area contributed by atoms with Crippen LogP contribution in [-0.2, 0) is 0 Å². The molecule has 0 saturated heterocycles. The second-order valence-corrected chi connectivity index (χ2v) is 4.05. The molecular formula is C14H16.